The first kappa shape index (κ1) is 22.9. The van der Waals surface area contributed by atoms with Crippen molar-refractivity contribution in [1.82, 2.24) is 0 Å². The third-order valence-corrected chi connectivity index (χ3v) is 5.03. The van der Waals surface area contributed by atoms with E-state index in [1.165, 1.54) is 30.5 Å². The molecule has 0 saturated heterocycles. The summed E-state index contributed by atoms with van der Waals surface area (Å²) < 4.78 is 38.1. The van der Waals surface area contributed by atoms with Crippen molar-refractivity contribution in [2.75, 3.05) is 16.0 Å². The topological polar surface area (TPSA) is 121 Å². The van der Waals surface area contributed by atoms with Gasteiger partial charge >= 0.3 is 24.0 Å². The second-order valence-electron chi connectivity index (χ2n) is 7.45. The zero-order chi connectivity index (χ0) is 24.5. The van der Waals surface area contributed by atoms with Crippen LogP contribution in [0.1, 0.15) is 12.5 Å². The molecule has 5 N–H and O–H groups in total. The lowest BCUT2D eigenvalue weighted by atomic mass is 10.2. The van der Waals surface area contributed by atoms with Crippen LogP contribution in [0.3, 0.4) is 0 Å². The van der Waals surface area contributed by atoms with Crippen molar-refractivity contribution >= 4 is 41.1 Å². The van der Waals surface area contributed by atoms with Crippen LogP contribution in [0.15, 0.2) is 82.3 Å². The molecule has 3 amide bonds. The van der Waals surface area contributed by atoms with Crippen molar-refractivity contribution in [2.45, 2.75) is 13.1 Å². The molecule has 4 rings (SSSR count). The number of hydrogen-bond acceptors (Lipinski definition) is 5. The van der Waals surface area contributed by atoms with Gasteiger partial charge in [-0.2, -0.15) is 24.0 Å². The number of nitrogens with one attached hydrogen (secondary N) is 3. The molecule has 0 aromatic heterocycles. The molecule has 2 aliphatic rings. The SMILES string of the molecule is CC1=C2C=NC=C[N+]2(N)C(C(=O)Nc2ccc(NC(=O)Nc3cccc(C(F)(F)F)c3)cc2)=N1. The highest BCUT2D eigenvalue weighted by molar-refractivity contribution is 6.40. The number of nitrogens with two attached hydrogens (primary N) is 1. The van der Waals surface area contributed by atoms with Gasteiger partial charge in [0, 0.05) is 17.1 Å². The van der Waals surface area contributed by atoms with Gasteiger partial charge in [0.2, 0.25) is 5.70 Å². The number of hydrogen-bond donors (Lipinski definition) is 4. The largest absolute Gasteiger partial charge is 0.416 e. The van der Waals surface area contributed by atoms with E-state index in [1.807, 2.05) is 0 Å². The fourth-order valence-corrected chi connectivity index (χ4v) is 3.39. The quantitative estimate of drug-likeness (QED) is 0.396. The molecule has 9 nitrogen and oxygen atoms in total. The van der Waals surface area contributed by atoms with Gasteiger partial charge in [-0.05, 0) is 49.4 Å². The summed E-state index contributed by atoms with van der Waals surface area (Å²) in [5.74, 6) is 5.88. The summed E-state index contributed by atoms with van der Waals surface area (Å²) in [5.41, 5.74) is 1.06. The predicted octanol–water partition coefficient (Wildman–Crippen LogP) is 4.18. The summed E-state index contributed by atoms with van der Waals surface area (Å²) in [6, 6.07) is 9.70. The summed E-state index contributed by atoms with van der Waals surface area (Å²) >= 11 is 0. The summed E-state index contributed by atoms with van der Waals surface area (Å²) in [4.78, 5) is 33.2. The van der Waals surface area contributed by atoms with E-state index in [0.29, 0.717) is 22.8 Å². The van der Waals surface area contributed by atoms with E-state index in [-0.39, 0.29) is 11.5 Å². The molecule has 0 saturated carbocycles. The van der Waals surface area contributed by atoms with Crippen LogP contribution in [-0.2, 0) is 11.0 Å². The number of benzene rings is 2. The Morgan fingerprint density at radius 2 is 1.62 bits per heavy atom. The van der Waals surface area contributed by atoms with E-state index < -0.39 is 28.3 Å². The normalized spacial score (nSPS) is 18.9. The number of anilines is 3. The first-order valence-corrected chi connectivity index (χ1v) is 9.92. The van der Waals surface area contributed by atoms with Gasteiger partial charge in [-0.25, -0.2) is 4.79 Å². The number of fused-ring (bicyclic) bond motifs is 1. The van der Waals surface area contributed by atoms with Gasteiger partial charge in [0.15, 0.2) is 0 Å². The average molecular weight is 470 g/mol. The van der Waals surface area contributed by atoms with E-state index >= 15 is 0 Å². The number of halogens is 3. The Morgan fingerprint density at radius 3 is 2.29 bits per heavy atom. The van der Waals surface area contributed by atoms with E-state index in [9.17, 15) is 22.8 Å². The number of urea groups is 1. The van der Waals surface area contributed by atoms with Crippen LogP contribution in [0.25, 0.3) is 0 Å². The van der Waals surface area contributed by atoms with Gasteiger partial charge in [0.25, 0.3) is 0 Å². The van der Waals surface area contributed by atoms with Crippen molar-refractivity contribution in [1.29, 1.82) is 0 Å². The summed E-state index contributed by atoms with van der Waals surface area (Å²) in [7, 11) is 0. The third-order valence-electron chi connectivity index (χ3n) is 5.03. The van der Waals surface area contributed by atoms with E-state index in [4.69, 9.17) is 5.84 Å². The molecular formula is C22H19F3N7O2+. The molecule has 2 aliphatic heterocycles. The van der Waals surface area contributed by atoms with Crippen LogP contribution >= 0.6 is 0 Å². The third kappa shape index (κ3) is 4.58. The van der Waals surface area contributed by atoms with Crippen LogP contribution in [-0.4, -0.2) is 28.6 Å². The van der Waals surface area contributed by atoms with Gasteiger partial charge in [0.05, 0.1) is 18.0 Å². The fourth-order valence-electron chi connectivity index (χ4n) is 3.39. The van der Waals surface area contributed by atoms with Crippen LogP contribution in [0, 0.1) is 0 Å². The lowest BCUT2D eigenvalue weighted by Gasteiger charge is -2.25. The standard InChI is InChI=1S/C22H18F3N7O2/c1-13-18-12-27-9-10-32(18,26)19(28-13)20(33)29-15-5-7-16(8-6-15)30-21(34)31-17-4-2-3-14(11-17)22(23,24)25/h2-12H,26H2,1H3,(H2-,27,28,29,30,31,33,34)/p+1. The number of amidine groups is 1. The highest BCUT2D eigenvalue weighted by atomic mass is 19.4. The molecule has 0 spiro atoms. The minimum atomic E-state index is -4.52. The minimum absolute atomic E-state index is 0.00698. The Hall–Kier alpha value is -4.29. The number of carbonyl (C=O) groups is 2. The number of carbonyl (C=O) groups excluding carboxylic acids is 2. The van der Waals surface area contributed by atoms with Crippen LogP contribution in [0.4, 0.5) is 35.0 Å². The fraction of sp³-hybridized carbons (Fsp3) is 0.0909. The average Bonchev–Trinajstić information content (AvgIpc) is 3.05. The maximum absolute atomic E-state index is 12.8. The number of alkyl halides is 3. The number of nitrogens with zero attached hydrogens (tertiary/aromatic N) is 3. The summed E-state index contributed by atoms with van der Waals surface area (Å²) in [5, 5.41) is 7.56. The molecule has 1 atom stereocenters. The van der Waals surface area contributed by atoms with Crippen LogP contribution in [0.5, 0.6) is 0 Å². The zero-order valence-corrected chi connectivity index (χ0v) is 17.7. The highest BCUT2D eigenvalue weighted by Crippen LogP contribution is 2.31. The number of aliphatic imine (C=N–C) groups is 2. The van der Waals surface area contributed by atoms with Crippen molar-refractivity contribution in [3.8, 4) is 0 Å². The molecule has 2 aromatic rings. The first-order chi connectivity index (χ1) is 16.1. The van der Waals surface area contributed by atoms with Crippen molar-refractivity contribution in [3.63, 3.8) is 0 Å². The Morgan fingerprint density at radius 1 is 0.971 bits per heavy atom. The molecule has 0 aliphatic carbocycles. The second-order valence-corrected chi connectivity index (χ2v) is 7.45. The minimum Gasteiger partial charge on any atom is -0.316 e. The Bertz CT molecular complexity index is 1280. The maximum atomic E-state index is 12.8. The van der Waals surface area contributed by atoms with Crippen molar-refractivity contribution in [3.05, 3.63) is 77.9 Å². The zero-order valence-electron chi connectivity index (χ0n) is 17.7. The molecule has 0 fully saturated rings. The number of allylic oxidation sites excluding steroid dienone is 2. The molecule has 1 unspecified atom stereocenters. The Kier molecular flexibility index (Phi) is 5.77. The smallest absolute Gasteiger partial charge is 0.316 e. The Labute approximate surface area is 191 Å². The van der Waals surface area contributed by atoms with E-state index in [2.05, 4.69) is 25.9 Å². The summed E-state index contributed by atoms with van der Waals surface area (Å²) in [6.45, 7) is 1.73. The van der Waals surface area contributed by atoms with Gasteiger partial charge in [-0.15, -0.1) is 4.59 Å². The van der Waals surface area contributed by atoms with Crippen molar-refractivity contribution in [2.24, 2.45) is 15.8 Å². The van der Waals surface area contributed by atoms with Crippen molar-refractivity contribution < 1.29 is 27.4 Å². The number of quaternary nitrogens is 1. The van der Waals surface area contributed by atoms with E-state index in [1.54, 1.807) is 31.5 Å². The number of amides is 3. The lowest BCUT2D eigenvalue weighted by molar-refractivity contribution is -0.749. The molecular weight excluding hydrogens is 451 g/mol. The molecule has 0 radical (unpaired) electrons. The molecule has 12 heteroatoms. The monoisotopic (exact) mass is 470 g/mol. The molecule has 2 aromatic carbocycles. The molecule has 174 valence electrons. The molecule has 0 bridgehead atoms. The van der Waals surface area contributed by atoms with Gasteiger partial charge in [-0.3, -0.25) is 9.79 Å². The number of rotatable bonds is 4. The highest BCUT2D eigenvalue weighted by Gasteiger charge is 2.45. The lowest BCUT2D eigenvalue weighted by Crippen LogP contribution is -2.56. The second kappa shape index (κ2) is 8.57. The Balaban J connectivity index is 1.37. The molecule has 2 heterocycles. The van der Waals surface area contributed by atoms with E-state index in [0.717, 1.165) is 12.1 Å². The summed E-state index contributed by atoms with van der Waals surface area (Å²) in [6.07, 6.45) is 0.0537. The van der Waals surface area contributed by atoms with Crippen LogP contribution in [0.2, 0.25) is 0 Å². The predicted molar refractivity (Wildman–Crippen MR) is 121 cm³/mol. The molecule has 34 heavy (non-hydrogen) atoms. The maximum Gasteiger partial charge on any atom is 0.416 e. The van der Waals surface area contributed by atoms with Crippen LogP contribution < -0.4 is 21.8 Å². The van der Waals surface area contributed by atoms with Gasteiger partial charge < -0.3 is 16.0 Å². The van der Waals surface area contributed by atoms with Gasteiger partial charge in [0.1, 0.15) is 11.9 Å². The first-order valence-electron chi connectivity index (χ1n) is 9.92. The van der Waals surface area contributed by atoms with Gasteiger partial charge in [-0.1, -0.05) is 6.07 Å².